The van der Waals surface area contributed by atoms with Gasteiger partial charge in [-0.25, -0.2) is 0 Å². The Morgan fingerprint density at radius 1 is 1.24 bits per heavy atom. The van der Waals surface area contributed by atoms with Gasteiger partial charge in [-0.1, -0.05) is 19.3 Å². The number of benzene rings is 1. The number of thiophene rings is 1. The Labute approximate surface area is 129 Å². The molecule has 3 nitrogen and oxygen atoms in total. The second-order valence-electron chi connectivity index (χ2n) is 5.99. The number of nitrogens with one attached hydrogen (secondary N) is 2. The van der Waals surface area contributed by atoms with Crippen LogP contribution in [0.5, 0.6) is 0 Å². The third-order valence-electron chi connectivity index (χ3n) is 4.58. The predicted molar refractivity (Wildman–Crippen MR) is 89.9 cm³/mol. The molecule has 3 rings (SSSR count). The lowest BCUT2D eigenvalue weighted by Crippen LogP contribution is -2.47. The van der Waals surface area contributed by atoms with Crippen molar-refractivity contribution in [2.45, 2.75) is 44.1 Å². The fraction of sp³-hybridized carbons (Fsp3) is 0.471. The van der Waals surface area contributed by atoms with E-state index in [0.717, 1.165) is 18.5 Å². The van der Waals surface area contributed by atoms with Gasteiger partial charge >= 0.3 is 0 Å². The smallest absolute Gasteiger partial charge is 0.226 e. The predicted octanol–water partition coefficient (Wildman–Crippen LogP) is 4.15. The Morgan fingerprint density at radius 2 is 2.05 bits per heavy atom. The van der Waals surface area contributed by atoms with Gasteiger partial charge in [0.1, 0.15) is 0 Å². The minimum absolute atomic E-state index is 0.00514. The fourth-order valence-electron chi connectivity index (χ4n) is 3.30. The molecule has 4 heteroatoms. The van der Waals surface area contributed by atoms with E-state index in [1.54, 1.807) is 11.3 Å². The van der Waals surface area contributed by atoms with Gasteiger partial charge in [0.2, 0.25) is 5.91 Å². The molecule has 0 spiro atoms. The van der Waals surface area contributed by atoms with Crippen LogP contribution in [-0.2, 0) is 4.79 Å². The number of amides is 1. The lowest BCUT2D eigenvalue weighted by Gasteiger charge is -2.36. The molecule has 0 atom stereocenters. The van der Waals surface area contributed by atoms with E-state index in [0.29, 0.717) is 6.42 Å². The summed E-state index contributed by atoms with van der Waals surface area (Å²) in [7, 11) is 1.98. The first kappa shape index (κ1) is 14.5. The number of carbonyl (C=O) groups is 1. The van der Waals surface area contributed by atoms with Crippen LogP contribution < -0.4 is 10.6 Å². The molecule has 112 valence electrons. The molecular weight excluding hydrogens is 280 g/mol. The minimum Gasteiger partial charge on any atom is -0.326 e. The zero-order valence-electron chi connectivity index (χ0n) is 12.4. The van der Waals surface area contributed by atoms with E-state index < -0.39 is 0 Å². The Bertz CT molecular complexity index is 629. The number of hydrogen-bond acceptors (Lipinski definition) is 3. The van der Waals surface area contributed by atoms with E-state index in [-0.39, 0.29) is 11.4 Å². The van der Waals surface area contributed by atoms with Gasteiger partial charge in [0.05, 0.1) is 0 Å². The highest BCUT2D eigenvalue weighted by molar-refractivity contribution is 7.17. The van der Waals surface area contributed by atoms with Gasteiger partial charge in [0, 0.05) is 22.3 Å². The lowest BCUT2D eigenvalue weighted by atomic mass is 9.79. The van der Waals surface area contributed by atoms with Crippen molar-refractivity contribution in [2.24, 2.45) is 0 Å². The summed E-state index contributed by atoms with van der Waals surface area (Å²) in [6.07, 6.45) is 6.48. The minimum atomic E-state index is -0.00514. The molecular formula is C17H22N2OS. The van der Waals surface area contributed by atoms with Crippen molar-refractivity contribution in [3.05, 3.63) is 29.6 Å². The van der Waals surface area contributed by atoms with Gasteiger partial charge in [-0.15, -0.1) is 11.3 Å². The van der Waals surface area contributed by atoms with Crippen LogP contribution in [0.25, 0.3) is 10.1 Å². The molecule has 1 saturated carbocycles. The van der Waals surface area contributed by atoms with Crippen molar-refractivity contribution in [1.82, 2.24) is 5.32 Å². The molecule has 1 fully saturated rings. The second kappa shape index (κ2) is 6.16. The van der Waals surface area contributed by atoms with Crippen LogP contribution in [0.4, 0.5) is 5.69 Å². The maximum atomic E-state index is 12.4. The molecule has 0 radical (unpaired) electrons. The zero-order chi connectivity index (χ0) is 14.7. The average Bonchev–Trinajstić information content (AvgIpc) is 2.95. The van der Waals surface area contributed by atoms with Gasteiger partial charge in [0.25, 0.3) is 0 Å². The van der Waals surface area contributed by atoms with Crippen LogP contribution in [-0.4, -0.2) is 18.5 Å². The van der Waals surface area contributed by atoms with Crippen molar-refractivity contribution in [2.75, 3.05) is 12.4 Å². The van der Waals surface area contributed by atoms with Crippen LogP contribution in [0.15, 0.2) is 29.6 Å². The molecule has 21 heavy (non-hydrogen) atoms. The number of rotatable bonds is 4. The summed E-state index contributed by atoms with van der Waals surface area (Å²) in [5.74, 6) is 0.112. The Kier molecular flexibility index (Phi) is 4.27. The summed E-state index contributed by atoms with van der Waals surface area (Å²) < 4.78 is 1.26. The van der Waals surface area contributed by atoms with Crippen LogP contribution in [0.1, 0.15) is 38.5 Å². The van der Waals surface area contributed by atoms with Crippen LogP contribution in [0.2, 0.25) is 0 Å². The standard InChI is InChI=1S/C17H22N2OS/c1-18-17(8-3-2-4-9-17)12-16(20)19-14-5-6-15-13(11-14)7-10-21-15/h5-7,10-11,18H,2-4,8-9,12H2,1H3,(H,19,20). The van der Waals surface area contributed by atoms with E-state index in [9.17, 15) is 4.79 Å². The quantitative estimate of drug-likeness (QED) is 0.890. The SMILES string of the molecule is CNC1(CC(=O)Nc2ccc3sccc3c2)CCCCC1. The number of anilines is 1. The molecule has 0 saturated heterocycles. The third-order valence-corrected chi connectivity index (χ3v) is 5.47. The topological polar surface area (TPSA) is 41.1 Å². The van der Waals surface area contributed by atoms with Gasteiger partial charge < -0.3 is 10.6 Å². The average molecular weight is 302 g/mol. The number of carbonyl (C=O) groups excluding carboxylic acids is 1. The third kappa shape index (κ3) is 3.27. The van der Waals surface area contributed by atoms with Crippen LogP contribution >= 0.6 is 11.3 Å². The maximum Gasteiger partial charge on any atom is 0.226 e. The first-order valence-corrected chi connectivity index (χ1v) is 8.55. The van der Waals surface area contributed by atoms with Gasteiger partial charge in [-0.3, -0.25) is 4.79 Å². The molecule has 1 heterocycles. The lowest BCUT2D eigenvalue weighted by molar-refractivity contribution is -0.117. The summed E-state index contributed by atoms with van der Waals surface area (Å²) in [6, 6.07) is 8.20. The molecule has 1 amide bonds. The molecule has 2 N–H and O–H groups in total. The summed E-state index contributed by atoms with van der Waals surface area (Å²) in [6.45, 7) is 0. The molecule has 0 aliphatic heterocycles. The zero-order valence-corrected chi connectivity index (χ0v) is 13.3. The van der Waals surface area contributed by atoms with Crippen LogP contribution in [0.3, 0.4) is 0 Å². The Hall–Kier alpha value is -1.39. The van der Waals surface area contributed by atoms with E-state index in [1.165, 1.54) is 29.3 Å². The van der Waals surface area contributed by atoms with E-state index in [1.807, 2.05) is 13.1 Å². The van der Waals surface area contributed by atoms with E-state index in [2.05, 4.69) is 34.2 Å². The summed E-state index contributed by atoms with van der Waals surface area (Å²) in [5.41, 5.74) is 0.891. The number of fused-ring (bicyclic) bond motifs is 1. The summed E-state index contributed by atoms with van der Waals surface area (Å²) in [4.78, 5) is 12.4. The molecule has 0 unspecified atom stereocenters. The highest BCUT2D eigenvalue weighted by Gasteiger charge is 2.32. The molecule has 1 aromatic heterocycles. The van der Waals surface area contributed by atoms with Crippen molar-refractivity contribution >= 4 is 33.0 Å². The fourth-order valence-corrected chi connectivity index (χ4v) is 4.07. The van der Waals surface area contributed by atoms with E-state index >= 15 is 0 Å². The molecule has 2 aromatic rings. The molecule has 1 aliphatic rings. The van der Waals surface area contributed by atoms with Gasteiger partial charge in [-0.2, -0.15) is 0 Å². The molecule has 1 aliphatic carbocycles. The summed E-state index contributed by atoms with van der Waals surface area (Å²) in [5, 5.41) is 9.73. The highest BCUT2D eigenvalue weighted by Crippen LogP contribution is 2.31. The number of hydrogen-bond donors (Lipinski definition) is 2. The van der Waals surface area contributed by atoms with Crippen molar-refractivity contribution in [1.29, 1.82) is 0 Å². The molecule has 1 aromatic carbocycles. The largest absolute Gasteiger partial charge is 0.326 e. The van der Waals surface area contributed by atoms with Crippen LogP contribution in [0, 0.1) is 0 Å². The van der Waals surface area contributed by atoms with Crippen molar-refractivity contribution < 1.29 is 4.79 Å². The Balaban J connectivity index is 1.67. The normalized spacial score (nSPS) is 17.8. The van der Waals surface area contributed by atoms with Crippen molar-refractivity contribution in [3.63, 3.8) is 0 Å². The van der Waals surface area contributed by atoms with Gasteiger partial charge in [-0.05, 0) is 54.9 Å². The monoisotopic (exact) mass is 302 g/mol. The first-order chi connectivity index (χ1) is 10.2. The van der Waals surface area contributed by atoms with Gasteiger partial charge in [0.15, 0.2) is 0 Å². The summed E-state index contributed by atoms with van der Waals surface area (Å²) >= 11 is 1.72. The first-order valence-electron chi connectivity index (χ1n) is 7.67. The second-order valence-corrected chi connectivity index (χ2v) is 6.94. The molecule has 0 bridgehead atoms. The highest BCUT2D eigenvalue weighted by atomic mass is 32.1. The van der Waals surface area contributed by atoms with Crippen molar-refractivity contribution in [3.8, 4) is 0 Å². The van der Waals surface area contributed by atoms with E-state index in [4.69, 9.17) is 0 Å². The maximum absolute atomic E-state index is 12.4. The Morgan fingerprint density at radius 3 is 2.81 bits per heavy atom.